The molecule has 3 rings (SSSR count). The van der Waals surface area contributed by atoms with Gasteiger partial charge in [-0.25, -0.2) is 18.7 Å². The second-order valence-corrected chi connectivity index (χ2v) is 5.25. The van der Waals surface area contributed by atoms with Gasteiger partial charge in [0.15, 0.2) is 5.82 Å². The summed E-state index contributed by atoms with van der Waals surface area (Å²) >= 11 is 0. The number of fused-ring (bicyclic) bond motifs is 1. The van der Waals surface area contributed by atoms with E-state index in [4.69, 9.17) is 4.74 Å². The third-order valence-electron chi connectivity index (χ3n) is 3.60. The Morgan fingerprint density at radius 1 is 1.29 bits per heavy atom. The Morgan fingerprint density at radius 3 is 2.67 bits per heavy atom. The molecule has 1 aliphatic rings. The molecule has 7 heteroatoms. The Balaban J connectivity index is 1.92. The van der Waals surface area contributed by atoms with Gasteiger partial charge in [-0.15, -0.1) is 0 Å². The molecule has 21 heavy (non-hydrogen) atoms. The van der Waals surface area contributed by atoms with Crippen LogP contribution in [0.4, 0.5) is 14.6 Å². The lowest BCUT2D eigenvalue weighted by Crippen LogP contribution is -2.50. The summed E-state index contributed by atoms with van der Waals surface area (Å²) in [4.78, 5) is 7.76. The maximum absolute atomic E-state index is 12.9. The van der Waals surface area contributed by atoms with Crippen LogP contribution in [0.5, 0.6) is 0 Å². The zero-order valence-corrected chi connectivity index (χ0v) is 11.2. The number of hydrogen-bond donors (Lipinski definition) is 2. The quantitative estimate of drug-likeness (QED) is 0.883. The van der Waals surface area contributed by atoms with Crippen molar-refractivity contribution in [1.29, 1.82) is 0 Å². The van der Waals surface area contributed by atoms with Crippen molar-refractivity contribution in [3.8, 4) is 0 Å². The average molecular weight is 295 g/mol. The van der Waals surface area contributed by atoms with E-state index < -0.39 is 12.2 Å². The number of rotatable bonds is 5. The van der Waals surface area contributed by atoms with E-state index in [0.717, 1.165) is 0 Å². The van der Waals surface area contributed by atoms with Crippen LogP contribution in [0.15, 0.2) is 24.3 Å². The maximum atomic E-state index is 12.9. The molecule has 0 amide bonds. The van der Waals surface area contributed by atoms with Crippen LogP contribution < -0.4 is 5.32 Å². The predicted molar refractivity (Wildman–Crippen MR) is 73.3 cm³/mol. The number of aliphatic hydroxyl groups is 1. The van der Waals surface area contributed by atoms with Gasteiger partial charge in [0.05, 0.1) is 30.8 Å². The number of nitrogens with zero attached hydrogens (tertiary/aromatic N) is 2. The molecule has 0 spiro atoms. The van der Waals surface area contributed by atoms with Gasteiger partial charge in [0.25, 0.3) is 6.43 Å². The van der Waals surface area contributed by atoms with Crippen LogP contribution in [0.3, 0.4) is 0 Å². The summed E-state index contributed by atoms with van der Waals surface area (Å²) < 4.78 is 30.9. The van der Waals surface area contributed by atoms with E-state index >= 15 is 0 Å². The molecule has 0 radical (unpaired) electrons. The lowest BCUT2D eigenvalue weighted by molar-refractivity contribution is -0.128. The Hall–Kier alpha value is -1.86. The van der Waals surface area contributed by atoms with Gasteiger partial charge in [-0.3, -0.25) is 0 Å². The van der Waals surface area contributed by atoms with E-state index in [2.05, 4.69) is 15.3 Å². The van der Waals surface area contributed by atoms with Gasteiger partial charge < -0.3 is 15.2 Å². The Kier molecular flexibility index (Phi) is 3.69. The van der Waals surface area contributed by atoms with E-state index in [0.29, 0.717) is 36.5 Å². The molecule has 1 saturated heterocycles. The molecule has 0 unspecified atom stereocenters. The van der Waals surface area contributed by atoms with E-state index in [9.17, 15) is 13.9 Å². The number of para-hydroxylation sites is 1. The first-order chi connectivity index (χ1) is 10.1. The van der Waals surface area contributed by atoms with Crippen LogP contribution in [0.1, 0.15) is 12.2 Å². The highest BCUT2D eigenvalue weighted by atomic mass is 19.3. The standard InChI is InChI=1S/C14H15F2N3O2/c15-11(16)13-18-10-4-2-1-3-9(10)12(19-13)17-5-14(6-20)7-21-8-14/h1-4,11,20H,5-8H2,(H,17,18,19). The SMILES string of the molecule is OCC1(CNc2nc(C(F)F)nc3ccccc23)COC1. The maximum Gasteiger partial charge on any atom is 0.297 e. The summed E-state index contributed by atoms with van der Waals surface area (Å²) in [5.41, 5.74) is 0.102. The molecule has 5 nitrogen and oxygen atoms in total. The summed E-state index contributed by atoms with van der Waals surface area (Å²) in [6.45, 7) is 1.28. The van der Waals surface area contributed by atoms with Crippen molar-refractivity contribution in [1.82, 2.24) is 9.97 Å². The highest BCUT2D eigenvalue weighted by Crippen LogP contribution is 2.29. The molecule has 0 aliphatic carbocycles. The van der Waals surface area contributed by atoms with E-state index in [1.165, 1.54) is 0 Å². The number of aliphatic hydroxyl groups excluding tert-OH is 1. The largest absolute Gasteiger partial charge is 0.396 e. The van der Waals surface area contributed by atoms with Crippen LogP contribution in [-0.4, -0.2) is 41.4 Å². The number of alkyl halides is 2. The van der Waals surface area contributed by atoms with Gasteiger partial charge in [0.1, 0.15) is 5.82 Å². The minimum absolute atomic E-state index is 0.0231. The molecule has 0 saturated carbocycles. The fourth-order valence-corrected chi connectivity index (χ4v) is 2.24. The van der Waals surface area contributed by atoms with Gasteiger partial charge >= 0.3 is 0 Å². The number of halogens is 2. The minimum Gasteiger partial charge on any atom is -0.396 e. The van der Waals surface area contributed by atoms with Crippen molar-refractivity contribution in [2.45, 2.75) is 6.43 Å². The minimum atomic E-state index is -2.73. The molecule has 1 fully saturated rings. The Morgan fingerprint density at radius 2 is 2.05 bits per heavy atom. The predicted octanol–water partition coefficient (Wildman–Crippen LogP) is 1.99. The summed E-state index contributed by atoms with van der Waals surface area (Å²) in [6.07, 6.45) is -2.73. The van der Waals surface area contributed by atoms with Crippen LogP contribution in [0.2, 0.25) is 0 Å². The van der Waals surface area contributed by atoms with Crippen molar-refractivity contribution in [2.24, 2.45) is 5.41 Å². The van der Waals surface area contributed by atoms with Crippen molar-refractivity contribution < 1.29 is 18.6 Å². The van der Waals surface area contributed by atoms with Gasteiger partial charge in [-0.2, -0.15) is 0 Å². The van der Waals surface area contributed by atoms with E-state index in [-0.39, 0.29) is 12.0 Å². The van der Waals surface area contributed by atoms with Crippen molar-refractivity contribution >= 4 is 16.7 Å². The first-order valence-electron chi connectivity index (χ1n) is 6.61. The lowest BCUT2D eigenvalue weighted by Gasteiger charge is -2.40. The topological polar surface area (TPSA) is 67.3 Å². The monoisotopic (exact) mass is 295 g/mol. The fraction of sp³-hybridized carbons (Fsp3) is 0.429. The van der Waals surface area contributed by atoms with Crippen molar-refractivity contribution in [3.05, 3.63) is 30.1 Å². The summed E-state index contributed by atoms with van der Waals surface area (Å²) in [7, 11) is 0. The summed E-state index contributed by atoms with van der Waals surface area (Å²) in [5, 5.41) is 13.1. The lowest BCUT2D eigenvalue weighted by atomic mass is 9.87. The van der Waals surface area contributed by atoms with E-state index in [1.807, 2.05) is 0 Å². The molecule has 0 atom stereocenters. The Labute approximate surface area is 120 Å². The highest BCUT2D eigenvalue weighted by molar-refractivity contribution is 5.89. The molecule has 1 aliphatic heterocycles. The molecule has 1 aromatic heterocycles. The third kappa shape index (κ3) is 2.66. The van der Waals surface area contributed by atoms with Crippen LogP contribution in [-0.2, 0) is 4.74 Å². The number of anilines is 1. The van der Waals surface area contributed by atoms with Gasteiger partial charge in [-0.05, 0) is 12.1 Å². The molecule has 1 aromatic carbocycles. The van der Waals surface area contributed by atoms with Crippen LogP contribution in [0, 0.1) is 5.41 Å². The van der Waals surface area contributed by atoms with Crippen LogP contribution >= 0.6 is 0 Å². The zero-order valence-electron chi connectivity index (χ0n) is 11.2. The highest BCUT2D eigenvalue weighted by Gasteiger charge is 2.38. The first-order valence-corrected chi connectivity index (χ1v) is 6.61. The smallest absolute Gasteiger partial charge is 0.297 e. The van der Waals surface area contributed by atoms with E-state index in [1.54, 1.807) is 24.3 Å². The first kappa shape index (κ1) is 14.1. The second kappa shape index (κ2) is 5.50. The molecule has 0 bridgehead atoms. The number of ether oxygens (including phenoxy) is 1. The van der Waals surface area contributed by atoms with Gasteiger partial charge in [-0.1, -0.05) is 12.1 Å². The molecular weight excluding hydrogens is 280 g/mol. The Bertz CT molecular complexity index is 642. The molecular formula is C14H15F2N3O2. The fourth-order valence-electron chi connectivity index (χ4n) is 2.24. The summed E-state index contributed by atoms with van der Waals surface area (Å²) in [6, 6.07) is 6.98. The third-order valence-corrected chi connectivity index (χ3v) is 3.60. The number of aromatic nitrogens is 2. The molecule has 2 aromatic rings. The van der Waals surface area contributed by atoms with Crippen molar-refractivity contribution in [2.75, 3.05) is 31.7 Å². The normalized spacial score (nSPS) is 17.0. The average Bonchev–Trinajstić information content (AvgIpc) is 2.46. The molecule has 2 N–H and O–H groups in total. The van der Waals surface area contributed by atoms with Crippen LogP contribution in [0.25, 0.3) is 10.9 Å². The number of nitrogens with one attached hydrogen (secondary N) is 1. The number of hydrogen-bond acceptors (Lipinski definition) is 5. The molecule has 112 valence electrons. The second-order valence-electron chi connectivity index (χ2n) is 5.25. The molecule has 2 heterocycles. The number of benzene rings is 1. The summed E-state index contributed by atoms with van der Waals surface area (Å²) in [5.74, 6) is -0.144. The van der Waals surface area contributed by atoms with Crippen molar-refractivity contribution in [3.63, 3.8) is 0 Å². The van der Waals surface area contributed by atoms with Gasteiger partial charge in [0.2, 0.25) is 0 Å². The zero-order chi connectivity index (χ0) is 14.9. The van der Waals surface area contributed by atoms with Gasteiger partial charge in [0, 0.05) is 11.9 Å².